The van der Waals surface area contributed by atoms with Crippen LogP contribution in [0.25, 0.3) is 0 Å². The van der Waals surface area contributed by atoms with Gasteiger partial charge in [0.15, 0.2) is 0 Å². The molecule has 1 aromatic rings. The first kappa shape index (κ1) is 13.4. The summed E-state index contributed by atoms with van der Waals surface area (Å²) in [6.45, 7) is 12.0. The molecule has 0 aromatic heterocycles. The Labute approximate surface area is 111 Å². The third-order valence-corrected chi connectivity index (χ3v) is 3.59. The molecule has 2 rings (SSSR count). The number of hydrogen-bond donors (Lipinski definition) is 1. The predicted molar refractivity (Wildman–Crippen MR) is 76.4 cm³/mol. The second-order valence-electron chi connectivity index (χ2n) is 6.41. The van der Waals surface area contributed by atoms with Gasteiger partial charge in [0.25, 0.3) is 0 Å². The Balaban J connectivity index is 2.02. The van der Waals surface area contributed by atoms with E-state index in [-0.39, 0.29) is 5.41 Å². The second-order valence-corrected chi connectivity index (χ2v) is 6.41. The van der Waals surface area contributed by atoms with E-state index < -0.39 is 0 Å². The van der Waals surface area contributed by atoms with E-state index in [4.69, 9.17) is 4.74 Å². The predicted octanol–water partition coefficient (Wildman–Crippen LogP) is 3.28. The summed E-state index contributed by atoms with van der Waals surface area (Å²) in [6, 6.07) is 6.54. The minimum atomic E-state index is 0.140. The number of nitrogens with one attached hydrogen (secondary N) is 1. The number of ether oxygens (including phenoxy) is 1. The fourth-order valence-electron chi connectivity index (χ4n) is 2.26. The van der Waals surface area contributed by atoms with Crippen molar-refractivity contribution in [3.63, 3.8) is 0 Å². The van der Waals surface area contributed by atoms with Crippen LogP contribution in [0.5, 0.6) is 5.75 Å². The van der Waals surface area contributed by atoms with Crippen molar-refractivity contribution in [1.29, 1.82) is 0 Å². The number of aryl methyl sites for hydroxylation is 1. The first-order valence-corrected chi connectivity index (χ1v) is 6.91. The fraction of sp³-hybridized carbons (Fsp3) is 0.625. The van der Waals surface area contributed by atoms with E-state index in [1.807, 2.05) is 0 Å². The van der Waals surface area contributed by atoms with Gasteiger partial charge in [-0.25, -0.2) is 0 Å². The second kappa shape index (κ2) is 5.31. The molecule has 1 N–H and O–H groups in total. The summed E-state index contributed by atoms with van der Waals surface area (Å²) in [6.07, 6.45) is 1.16. The van der Waals surface area contributed by atoms with Crippen LogP contribution in [0.2, 0.25) is 0 Å². The molecule has 1 aliphatic rings. The topological polar surface area (TPSA) is 21.3 Å². The van der Waals surface area contributed by atoms with E-state index in [2.05, 4.69) is 51.2 Å². The molecule has 0 aliphatic carbocycles. The van der Waals surface area contributed by atoms with E-state index in [1.54, 1.807) is 0 Å². The van der Waals surface area contributed by atoms with Crippen molar-refractivity contribution in [1.82, 2.24) is 5.32 Å². The molecule has 0 spiro atoms. The van der Waals surface area contributed by atoms with Gasteiger partial charge in [0.1, 0.15) is 5.75 Å². The Hall–Kier alpha value is -1.02. The summed E-state index contributed by atoms with van der Waals surface area (Å²) >= 11 is 0. The maximum atomic E-state index is 6.02. The Morgan fingerprint density at radius 1 is 1.28 bits per heavy atom. The molecule has 0 bridgehead atoms. The molecule has 2 heteroatoms. The lowest BCUT2D eigenvalue weighted by molar-refractivity contribution is 0.235. The highest BCUT2D eigenvalue weighted by Crippen LogP contribution is 2.32. The van der Waals surface area contributed by atoms with Gasteiger partial charge in [-0.05, 0) is 55.0 Å². The monoisotopic (exact) mass is 247 g/mol. The lowest BCUT2D eigenvalue weighted by Gasteiger charge is -2.28. The highest BCUT2D eigenvalue weighted by Gasteiger charge is 2.20. The number of benzene rings is 1. The van der Waals surface area contributed by atoms with Gasteiger partial charge in [0, 0.05) is 0 Å². The van der Waals surface area contributed by atoms with Gasteiger partial charge in [-0.2, -0.15) is 0 Å². The molecule has 100 valence electrons. The highest BCUT2D eigenvalue weighted by atomic mass is 16.5. The van der Waals surface area contributed by atoms with Crippen molar-refractivity contribution >= 4 is 0 Å². The Morgan fingerprint density at radius 2 is 2.00 bits per heavy atom. The van der Waals surface area contributed by atoms with Gasteiger partial charge in [0.2, 0.25) is 0 Å². The first-order chi connectivity index (χ1) is 8.47. The molecular formula is C16H25NO. The number of rotatable bonds is 4. The van der Waals surface area contributed by atoms with E-state index >= 15 is 0 Å². The van der Waals surface area contributed by atoms with Crippen molar-refractivity contribution in [3.8, 4) is 5.75 Å². The van der Waals surface area contributed by atoms with E-state index in [9.17, 15) is 0 Å². The molecule has 0 amide bonds. The summed E-state index contributed by atoms with van der Waals surface area (Å²) in [5.74, 6) is 1.88. The van der Waals surface area contributed by atoms with Crippen molar-refractivity contribution in [2.24, 2.45) is 5.92 Å². The minimum Gasteiger partial charge on any atom is -0.493 e. The molecule has 1 fully saturated rings. The Bertz CT molecular complexity index is 402. The van der Waals surface area contributed by atoms with Crippen molar-refractivity contribution in [3.05, 3.63) is 29.3 Å². The molecule has 0 unspecified atom stereocenters. The summed E-state index contributed by atoms with van der Waals surface area (Å²) in [4.78, 5) is 0. The van der Waals surface area contributed by atoms with Gasteiger partial charge in [-0.3, -0.25) is 0 Å². The first-order valence-electron chi connectivity index (χ1n) is 6.91. The van der Waals surface area contributed by atoms with Gasteiger partial charge in [0.05, 0.1) is 6.61 Å². The molecule has 1 aliphatic heterocycles. The maximum absolute atomic E-state index is 6.02. The summed E-state index contributed by atoms with van der Waals surface area (Å²) in [7, 11) is 0. The number of hydrogen-bond acceptors (Lipinski definition) is 2. The molecular weight excluding hydrogens is 222 g/mol. The van der Waals surface area contributed by atoms with Crippen LogP contribution in [-0.4, -0.2) is 19.7 Å². The smallest absolute Gasteiger partial charge is 0.123 e. The molecule has 0 saturated carbocycles. The van der Waals surface area contributed by atoms with Crippen molar-refractivity contribution in [2.75, 3.05) is 19.7 Å². The van der Waals surface area contributed by atoms with Crippen LogP contribution >= 0.6 is 0 Å². The third kappa shape index (κ3) is 3.26. The van der Waals surface area contributed by atoms with E-state index in [0.717, 1.165) is 37.8 Å². The van der Waals surface area contributed by atoms with Gasteiger partial charge >= 0.3 is 0 Å². The zero-order chi connectivity index (χ0) is 13.2. The third-order valence-electron chi connectivity index (χ3n) is 3.59. The normalized spacial score (nSPS) is 16.4. The van der Waals surface area contributed by atoms with Crippen LogP contribution in [0.15, 0.2) is 18.2 Å². The molecule has 18 heavy (non-hydrogen) atoms. The van der Waals surface area contributed by atoms with Crippen LogP contribution in [-0.2, 0) is 5.41 Å². The van der Waals surface area contributed by atoms with Gasteiger partial charge in [-0.15, -0.1) is 0 Å². The summed E-state index contributed by atoms with van der Waals surface area (Å²) in [5.41, 5.74) is 2.71. The van der Waals surface area contributed by atoms with Crippen LogP contribution in [0, 0.1) is 12.8 Å². The van der Waals surface area contributed by atoms with Gasteiger partial charge in [-0.1, -0.05) is 32.9 Å². The maximum Gasteiger partial charge on any atom is 0.123 e. The quantitative estimate of drug-likeness (QED) is 0.881. The lowest BCUT2D eigenvalue weighted by atomic mass is 9.86. The molecule has 1 heterocycles. The SMILES string of the molecule is Cc1ccc(C(C)(C)C)c(OCCC2CNC2)c1. The van der Waals surface area contributed by atoms with Crippen molar-refractivity contribution in [2.45, 2.75) is 39.5 Å². The molecule has 2 nitrogen and oxygen atoms in total. The zero-order valence-electron chi connectivity index (χ0n) is 12.0. The summed E-state index contributed by atoms with van der Waals surface area (Å²) in [5, 5.41) is 3.30. The molecule has 0 radical (unpaired) electrons. The van der Waals surface area contributed by atoms with Crippen LogP contribution in [0.4, 0.5) is 0 Å². The van der Waals surface area contributed by atoms with E-state index in [0.29, 0.717) is 0 Å². The molecule has 1 saturated heterocycles. The van der Waals surface area contributed by atoms with Gasteiger partial charge < -0.3 is 10.1 Å². The fourth-order valence-corrected chi connectivity index (χ4v) is 2.26. The van der Waals surface area contributed by atoms with Crippen LogP contribution in [0.1, 0.15) is 38.3 Å². The Morgan fingerprint density at radius 3 is 2.56 bits per heavy atom. The van der Waals surface area contributed by atoms with Crippen LogP contribution < -0.4 is 10.1 Å². The highest BCUT2D eigenvalue weighted by molar-refractivity contribution is 5.41. The molecule has 1 aromatic carbocycles. The largest absolute Gasteiger partial charge is 0.493 e. The average molecular weight is 247 g/mol. The summed E-state index contributed by atoms with van der Waals surface area (Å²) < 4.78 is 6.02. The van der Waals surface area contributed by atoms with E-state index in [1.165, 1.54) is 11.1 Å². The molecule has 0 atom stereocenters. The minimum absolute atomic E-state index is 0.140. The zero-order valence-corrected chi connectivity index (χ0v) is 12.0. The Kier molecular flexibility index (Phi) is 3.96. The standard InChI is InChI=1S/C16H25NO/c1-12-5-6-14(16(2,3)4)15(9-12)18-8-7-13-10-17-11-13/h5-6,9,13,17H,7-8,10-11H2,1-4H3. The van der Waals surface area contributed by atoms with Crippen molar-refractivity contribution < 1.29 is 4.74 Å². The van der Waals surface area contributed by atoms with Crippen LogP contribution in [0.3, 0.4) is 0 Å². The average Bonchev–Trinajstić information content (AvgIpc) is 2.20. The lowest BCUT2D eigenvalue weighted by Crippen LogP contribution is -2.42.